The van der Waals surface area contributed by atoms with Gasteiger partial charge in [0.2, 0.25) is 0 Å². The maximum atomic E-state index is 10.5. The van der Waals surface area contributed by atoms with E-state index in [1.807, 2.05) is 0 Å². The van der Waals surface area contributed by atoms with Gasteiger partial charge in [-0.15, -0.1) is 0 Å². The molecule has 0 aromatic heterocycles. The maximum absolute atomic E-state index is 10.5. The molecule has 0 saturated heterocycles. The van der Waals surface area contributed by atoms with Crippen LogP contribution in [0.15, 0.2) is 0 Å². The van der Waals surface area contributed by atoms with Crippen LogP contribution in [0.2, 0.25) is 0 Å². The summed E-state index contributed by atoms with van der Waals surface area (Å²) < 4.78 is 0. The first kappa shape index (κ1) is 21.9. The van der Waals surface area contributed by atoms with E-state index in [9.17, 15) is 4.79 Å². The predicted octanol–water partition coefficient (Wildman–Crippen LogP) is 6.16. The summed E-state index contributed by atoms with van der Waals surface area (Å²) in [6.07, 6.45) is 10.9. The monoisotopic (exact) mass is 244 g/mol. The molecule has 106 valence electrons. The quantitative estimate of drug-likeness (QED) is 0.490. The van der Waals surface area contributed by atoms with E-state index >= 15 is 0 Å². The van der Waals surface area contributed by atoms with Crippen molar-refractivity contribution in [3.8, 4) is 0 Å². The zero-order valence-corrected chi connectivity index (χ0v) is 13.3. The molecular formula is C16H36O. The highest BCUT2D eigenvalue weighted by molar-refractivity contribution is 5.75. The summed E-state index contributed by atoms with van der Waals surface area (Å²) in [5, 5.41) is 0. The van der Waals surface area contributed by atoms with Crippen LogP contribution in [0, 0.1) is 0 Å². The molecule has 0 aromatic carbocycles. The highest BCUT2D eigenvalue weighted by Gasteiger charge is 1.92. The van der Waals surface area contributed by atoms with Gasteiger partial charge < -0.3 is 4.79 Å². The van der Waals surface area contributed by atoms with Gasteiger partial charge >= 0.3 is 0 Å². The van der Waals surface area contributed by atoms with Gasteiger partial charge in [-0.1, -0.05) is 79.6 Å². The second-order valence-corrected chi connectivity index (χ2v) is 4.63. The van der Waals surface area contributed by atoms with Gasteiger partial charge in [0.05, 0.1) is 0 Å². The molecule has 0 atom stereocenters. The van der Waals surface area contributed by atoms with Gasteiger partial charge in [-0.25, -0.2) is 0 Å². The van der Waals surface area contributed by atoms with Crippen LogP contribution in [0.3, 0.4) is 0 Å². The molecule has 0 aliphatic carbocycles. The Morgan fingerprint density at radius 2 is 1.06 bits per heavy atom. The SMILES string of the molecule is CCC.CCC.CCCCCCCCC(C)=O. The summed E-state index contributed by atoms with van der Waals surface area (Å²) in [4.78, 5) is 10.5. The van der Waals surface area contributed by atoms with Crippen molar-refractivity contribution < 1.29 is 4.79 Å². The fraction of sp³-hybridized carbons (Fsp3) is 0.938. The summed E-state index contributed by atoms with van der Waals surface area (Å²) in [7, 11) is 0. The second kappa shape index (κ2) is 24.8. The van der Waals surface area contributed by atoms with Crippen molar-refractivity contribution in [2.24, 2.45) is 0 Å². The van der Waals surface area contributed by atoms with Gasteiger partial charge in [0.15, 0.2) is 0 Å². The van der Waals surface area contributed by atoms with E-state index in [0.717, 1.165) is 12.8 Å². The zero-order valence-electron chi connectivity index (χ0n) is 13.3. The first-order chi connectivity index (χ1) is 8.10. The molecule has 0 aromatic rings. The molecule has 0 N–H and O–H groups in total. The Morgan fingerprint density at radius 3 is 1.41 bits per heavy atom. The standard InChI is InChI=1S/C10H20O.2C3H8/c1-3-4-5-6-7-8-9-10(2)11;2*1-3-2/h3-9H2,1-2H3;2*3H2,1-2H3. The lowest BCUT2D eigenvalue weighted by Crippen LogP contribution is -1.88. The molecule has 1 heteroatoms. The summed E-state index contributed by atoms with van der Waals surface area (Å²) in [5.41, 5.74) is 0. The minimum absolute atomic E-state index is 0.334. The Hall–Kier alpha value is -0.330. The number of rotatable bonds is 7. The Morgan fingerprint density at radius 1 is 0.706 bits per heavy atom. The van der Waals surface area contributed by atoms with E-state index in [4.69, 9.17) is 0 Å². The highest BCUT2D eigenvalue weighted by atomic mass is 16.1. The lowest BCUT2D eigenvalue weighted by Gasteiger charge is -1.97. The van der Waals surface area contributed by atoms with Crippen LogP contribution in [0.1, 0.15) is 99.3 Å². The fourth-order valence-electron chi connectivity index (χ4n) is 1.15. The van der Waals surface area contributed by atoms with Crippen LogP contribution < -0.4 is 0 Å². The number of unbranched alkanes of at least 4 members (excludes halogenated alkanes) is 5. The smallest absolute Gasteiger partial charge is 0.129 e. The van der Waals surface area contributed by atoms with E-state index < -0.39 is 0 Å². The van der Waals surface area contributed by atoms with Crippen molar-refractivity contribution >= 4 is 5.78 Å². The van der Waals surface area contributed by atoms with Crippen molar-refractivity contribution in [1.82, 2.24) is 0 Å². The zero-order chi connectivity index (χ0) is 13.9. The number of carbonyl (C=O) groups is 1. The molecule has 0 aliphatic rings. The van der Waals surface area contributed by atoms with Crippen LogP contribution in [-0.2, 0) is 4.79 Å². The average Bonchev–Trinajstić information content (AvgIpc) is 2.25. The molecule has 0 aliphatic heterocycles. The normalized spacial score (nSPS) is 8.59. The van der Waals surface area contributed by atoms with Gasteiger partial charge in [0, 0.05) is 6.42 Å². The summed E-state index contributed by atoms with van der Waals surface area (Å²) in [6.45, 7) is 12.4. The van der Waals surface area contributed by atoms with Gasteiger partial charge in [0.1, 0.15) is 5.78 Å². The topological polar surface area (TPSA) is 17.1 Å². The lowest BCUT2D eigenvalue weighted by molar-refractivity contribution is -0.117. The van der Waals surface area contributed by atoms with E-state index in [-0.39, 0.29) is 0 Å². The summed E-state index contributed by atoms with van der Waals surface area (Å²) >= 11 is 0. The highest BCUT2D eigenvalue weighted by Crippen LogP contribution is 2.06. The molecule has 0 spiro atoms. The third-order valence-corrected chi connectivity index (χ3v) is 1.88. The number of carbonyl (C=O) groups excluding carboxylic acids is 1. The van der Waals surface area contributed by atoms with E-state index in [1.165, 1.54) is 44.9 Å². The van der Waals surface area contributed by atoms with E-state index in [0.29, 0.717) is 5.78 Å². The van der Waals surface area contributed by atoms with Crippen LogP contribution in [-0.4, -0.2) is 5.78 Å². The maximum Gasteiger partial charge on any atom is 0.129 e. The molecule has 0 radical (unpaired) electrons. The molecule has 0 saturated carbocycles. The van der Waals surface area contributed by atoms with Crippen molar-refractivity contribution in [2.75, 3.05) is 0 Å². The van der Waals surface area contributed by atoms with Gasteiger partial charge in [-0.3, -0.25) is 0 Å². The first-order valence-corrected chi connectivity index (χ1v) is 7.59. The molecule has 1 nitrogen and oxygen atoms in total. The Kier molecular flexibility index (Phi) is 31.9. The number of ketones is 1. The molecule has 17 heavy (non-hydrogen) atoms. The molecule has 0 unspecified atom stereocenters. The fourth-order valence-corrected chi connectivity index (χ4v) is 1.15. The summed E-state index contributed by atoms with van der Waals surface area (Å²) in [5.74, 6) is 0.334. The minimum atomic E-state index is 0.334. The van der Waals surface area contributed by atoms with Crippen LogP contribution in [0.5, 0.6) is 0 Å². The molecule has 0 amide bonds. The predicted molar refractivity (Wildman–Crippen MR) is 80.6 cm³/mol. The van der Waals surface area contributed by atoms with Crippen LogP contribution in [0.4, 0.5) is 0 Å². The lowest BCUT2D eigenvalue weighted by atomic mass is 10.1. The largest absolute Gasteiger partial charge is 0.300 e. The average molecular weight is 244 g/mol. The Labute approximate surface area is 110 Å². The van der Waals surface area contributed by atoms with Crippen LogP contribution in [0.25, 0.3) is 0 Å². The molecule has 0 fully saturated rings. The molecule has 0 heterocycles. The first-order valence-electron chi connectivity index (χ1n) is 7.59. The number of hydrogen-bond acceptors (Lipinski definition) is 1. The van der Waals surface area contributed by atoms with Gasteiger partial charge in [-0.05, 0) is 13.3 Å². The van der Waals surface area contributed by atoms with Crippen molar-refractivity contribution in [2.45, 2.75) is 99.3 Å². The molecular weight excluding hydrogens is 208 g/mol. The van der Waals surface area contributed by atoms with Crippen molar-refractivity contribution in [3.63, 3.8) is 0 Å². The van der Waals surface area contributed by atoms with Crippen molar-refractivity contribution in [3.05, 3.63) is 0 Å². The van der Waals surface area contributed by atoms with Gasteiger partial charge in [0.25, 0.3) is 0 Å². The van der Waals surface area contributed by atoms with Crippen LogP contribution >= 0.6 is 0 Å². The van der Waals surface area contributed by atoms with Crippen molar-refractivity contribution in [1.29, 1.82) is 0 Å². The number of hydrogen-bond donors (Lipinski definition) is 0. The molecule has 0 bridgehead atoms. The number of Topliss-reactive ketones (excluding diaryl/α,β-unsaturated/α-hetero) is 1. The van der Waals surface area contributed by atoms with E-state index in [1.54, 1.807) is 6.92 Å². The summed E-state index contributed by atoms with van der Waals surface area (Å²) in [6, 6.07) is 0. The third-order valence-electron chi connectivity index (χ3n) is 1.88. The molecule has 0 rings (SSSR count). The minimum Gasteiger partial charge on any atom is -0.300 e. The Balaban J connectivity index is -0.000000273. The van der Waals surface area contributed by atoms with E-state index in [2.05, 4.69) is 34.6 Å². The third kappa shape index (κ3) is 49.8. The Bertz CT molecular complexity index is 117. The second-order valence-electron chi connectivity index (χ2n) is 4.63. The van der Waals surface area contributed by atoms with Gasteiger partial charge in [-0.2, -0.15) is 0 Å².